The van der Waals surface area contributed by atoms with Crippen molar-refractivity contribution >= 4 is 10.9 Å². The van der Waals surface area contributed by atoms with Gasteiger partial charge in [0.2, 0.25) is 0 Å². The van der Waals surface area contributed by atoms with Crippen LogP contribution in [0.3, 0.4) is 0 Å². The van der Waals surface area contributed by atoms with Crippen molar-refractivity contribution in [1.29, 1.82) is 0 Å². The van der Waals surface area contributed by atoms with E-state index in [1.54, 1.807) is 24.4 Å². The zero-order valence-corrected chi connectivity index (χ0v) is 12.0. The van der Waals surface area contributed by atoms with Gasteiger partial charge in [-0.2, -0.15) is 5.10 Å². The molecule has 0 spiro atoms. The number of fused-ring (bicyclic) bond motifs is 1. The van der Waals surface area contributed by atoms with Crippen molar-refractivity contribution in [1.82, 2.24) is 15.5 Å². The van der Waals surface area contributed by atoms with Crippen molar-refractivity contribution in [3.63, 3.8) is 0 Å². The number of alkyl halides is 1. The minimum atomic E-state index is -0.638. The smallest absolute Gasteiger partial charge is 0.128 e. The van der Waals surface area contributed by atoms with Crippen LogP contribution in [0.4, 0.5) is 8.78 Å². The van der Waals surface area contributed by atoms with Crippen LogP contribution in [0.5, 0.6) is 0 Å². The Morgan fingerprint density at radius 1 is 1.18 bits per heavy atom. The lowest BCUT2D eigenvalue weighted by molar-refractivity contribution is 0.374. The molecule has 0 radical (unpaired) electrons. The van der Waals surface area contributed by atoms with Gasteiger partial charge in [-0.05, 0) is 30.7 Å². The summed E-state index contributed by atoms with van der Waals surface area (Å²) in [6.07, 6.45) is 2.51. The molecule has 1 aromatic heterocycles. The summed E-state index contributed by atoms with van der Waals surface area (Å²) in [5, 5.41) is 11.0. The summed E-state index contributed by atoms with van der Waals surface area (Å²) in [4.78, 5) is 0. The molecule has 0 amide bonds. The van der Waals surface area contributed by atoms with Gasteiger partial charge in [0.05, 0.1) is 17.8 Å². The number of hydrogen-bond acceptors (Lipinski definition) is 2. The summed E-state index contributed by atoms with van der Waals surface area (Å²) in [6, 6.07) is 11.7. The van der Waals surface area contributed by atoms with Gasteiger partial charge >= 0.3 is 0 Å². The van der Waals surface area contributed by atoms with E-state index in [1.165, 1.54) is 6.07 Å². The summed E-state index contributed by atoms with van der Waals surface area (Å²) in [5.41, 5.74) is 2.47. The van der Waals surface area contributed by atoms with Crippen LogP contribution < -0.4 is 5.32 Å². The molecule has 0 bridgehead atoms. The Bertz CT molecular complexity index is 754. The largest absolute Gasteiger partial charge is 0.307 e. The first-order valence-electron chi connectivity index (χ1n) is 7.23. The third kappa shape index (κ3) is 3.14. The van der Waals surface area contributed by atoms with Crippen LogP contribution in [0.2, 0.25) is 0 Å². The van der Waals surface area contributed by atoms with E-state index in [2.05, 4.69) is 15.5 Å². The van der Waals surface area contributed by atoms with Crippen molar-refractivity contribution in [3.8, 4) is 0 Å². The zero-order valence-electron chi connectivity index (χ0n) is 12.0. The molecule has 1 unspecified atom stereocenters. The van der Waals surface area contributed by atoms with Crippen LogP contribution >= 0.6 is 0 Å². The maximum atomic E-state index is 13.7. The van der Waals surface area contributed by atoms with E-state index in [-0.39, 0.29) is 5.82 Å². The molecule has 0 aliphatic rings. The van der Waals surface area contributed by atoms with Gasteiger partial charge in [0.1, 0.15) is 12.5 Å². The predicted octanol–water partition coefficient (Wildman–Crippen LogP) is 3.54. The summed E-state index contributed by atoms with van der Waals surface area (Å²) < 4.78 is 26.9. The number of halogens is 2. The highest BCUT2D eigenvalue weighted by Crippen LogP contribution is 2.18. The Labute approximate surface area is 127 Å². The number of rotatable bonds is 6. The molecule has 1 atom stereocenters. The number of nitrogens with zero attached hydrogens (tertiary/aromatic N) is 1. The molecule has 5 heteroatoms. The zero-order chi connectivity index (χ0) is 15.4. The molecule has 0 saturated carbocycles. The molecular formula is C17H17F2N3. The lowest BCUT2D eigenvalue weighted by atomic mass is 10.1. The highest BCUT2D eigenvalue weighted by atomic mass is 19.1. The topological polar surface area (TPSA) is 40.7 Å². The average molecular weight is 301 g/mol. The Hall–Kier alpha value is -2.27. The second-order valence-corrected chi connectivity index (χ2v) is 5.22. The number of aromatic amines is 1. The summed E-state index contributed by atoms with van der Waals surface area (Å²) in [7, 11) is 0. The van der Waals surface area contributed by atoms with E-state index in [9.17, 15) is 8.78 Å². The highest BCUT2D eigenvalue weighted by Gasteiger charge is 2.14. The number of nitrogens with one attached hydrogen (secondary N) is 2. The highest BCUT2D eigenvalue weighted by molar-refractivity contribution is 5.78. The third-order valence-electron chi connectivity index (χ3n) is 3.75. The van der Waals surface area contributed by atoms with Crippen LogP contribution in [0.1, 0.15) is 17.2 Å². The predicted molar refractivity (Wildman–Crippen MR) is 82.9 cm³/mol. The Kier molecular flexibility index (Phi) is 4.44. The van der Waals surface area contributed by atoms with Crippen molar-refractivity contribution in [2.24, 2.45) is 0 Å². The molecule has 3 rings (SSSR count). The van der Waals surface area contributed by atoms with Crippen molar-refractivity contribution in [2.45, 2.75) is 12.5 Å². The van der Waals surface area contributed by atoms with Gasteiger partial charge in [-0.3, -0.25) is 5.10 Å². The summed E-state index contributed by atoms with van der Waals surface area (Å²) in [5.74, 6) is -0.378. The standard InChI is InChI=1S/C17H17F2N3/c18-10-17(14-3-1-2-4-15(14)19)20-8-7-12-5-6-13-11-21-22-16(13)9-12/h1-6,9,11,17,20H,7-8,10H2,(H,21,22). The minimum absolute atomic E-state index is 0.369. The van der Waals surface area contributed by atoms with Gasteiger partial charge in [-0.1, -0.05) is 30.3 Å². The molecule has 114 valence electrons. The van der Waals surface area contributed by atoms with Crippen molar-refractivity contribution in [2.75, 3.05) is 13.2 Å². The number of aromatic nitrogens is 2. The Balaban J connectivity index is 1.62. The maximum absolute atomic E-state index is 13.7. The van der Waals surface area contributed by atoms with Gasteiger partial charge < -0.3 is 5.32 Å². The van der Waals surface area contributed by atoms with Gasteiger partial charge in [0.15, 0.2) is 0 Å². The molecule has 22 heavy (non-hydrogen) atoms. The molecule has 0 aliphatic heterocycles. The minimum Gasteiger partial charge on any atom is -0.307 e. The fraction of sp³-hybridized carbons (Fsp3) is 0.235. The monoisotopic (exact) mass is 301 g/mol. The van der Waals surface area contributed by atoms with Crippen molar-refractivity contribution < 1.29 is 8.78 Å². The van der Waals surface area contributed by atoms with Gasteiger partial charge in [-0.25, -0.2) is 8.78 Å². The lowest BCUT2D eigenvalue weighted by Gasteiger charge is -2.16. The Morgan fingerprint density at radius 3 is 2.86 bits per heavy atom. The fourth-order valence-corrected chi connectivity index (χ4v) is 2.54. The van der Waals surface area contributed by atoms with Crippen LogP contribution in [0.25, 0.3) is 10.9 Å². The number of H-pyrrole nitrogens is 1. The lowest BCUT2D eigenvalue weighted by Crippen LogP contribution is -2.26. The second kappa shape index (κ2) is 6.66. The second-order valence-electron chi connectivity index (χ2n) is 5.22. The van der Waals surface area contributed by atoms with Crippen LogP contribution in [-0.4, -0.2) is 23.4 Å². The first-order valence-corrected chi connectivity index (χ1v) is 7.23. The summed E-state index contributed by atoms with van der Waals surface area (Å²) >= 11 is 0. The first-order chi connectivity index (χ1) is 10.8. The van der Waals surface area contributed by atoms with E-state index in [1.807, 2.05) is 18.2 Å². The number of hydrogen-bond donors (Lipinski definition) is 2. The maximum Gasteiger partial charge on any atom is 0.128 e. The molecule has 2 N–H and O–H groups in total. The molecule has 2 aromatic carbocycles. The van der Waals surface area contributed by atoms with Crippen molar-refractivity contribution in [3.05, 3.63) is 65.6 Å². The van der Waals surface area contributed by atoms with E-state index >= 15 is 0 Å². The molecular weight excluding hydrogens is 284 g/mol. The van der Waals surface area contributed by atoms with Gasteiger partial charge in [-0.15, -0.1) is 0 Å². The fourth-order valence-electron chi connectivity index (χ4n) is 2.54. The molecule has 3 nitrogen and oxygen atoms in total. The van der Waals surface area contributed by atoms with E-state index in [0.717, 1.165) is 22.9 Å². The molecule has 0 fully saturated rings. The van der Waals surface area contributed by atoms with Crippen LogP contribution in [0.15, 0.2) is 48.7 Å². The number of benzene rings is 2. The summed E-state index contributed by atoms with van der Waals surface area (Å²) in [6.45, 7) is -0.0664. The normalized spacial score (nSPS) is 12.6. The first kappa shape index (κ1) is 14.7. The SMILES string of the molecule is FCC(NCCc1ccc2cn[nH]c2c1)c1ccccc1F. The van der Waals surface area contributed by atoms with E-state index < -0.39 is 12.7 Å². The van der Waals surface area contributed by atoms with Crippen LogP contribution in [0, 0.1) is 5.82 Å². The van der Waals surface area contributed by atoms with E-state index in [0.29, 0.717) is 12.1 Å². The average Bonchev–Trinajstić information content (AvgIpc) is 3.00. The molecule has 1 heterocycles. The van der Waals surface area contributed by atoms with E-state index in [4.69, 9.17) is 0 Å². The molecule has 3 aromatic rings. The van der Waals surface area contributed by atoms with Gasteiger partial charge in [0.25, 0.3) is 0 Å². The quantitative estimate of drug-likeness (QED) is 0.731. The third-order valence-corrected chi connectivity index (χ3v) is 3.75. The molecule has 0 saturated heterocycles. The van der Waals surface area contributed by atoms with Crippen LogP contribution in [-0.2, 0) is 6.42 Å². The Morgan fingerprint density at radius 2 is 2.05 bits per heavy atom. The molecule has 0 aliphatic carbocycles. The van der Waals surface area contributed by atoms with Gasteiger partial charge in [0, 0.05) is 10.9 Å².